The van der Waals surface area contributed by atoms with Gasteiger partial charge in [-0.05, 0) is 55.4 Å². The normalized spacial score (nSPS) is 23.4. The Morgan fingerprint density at radius 1 is 1.42 bits per heavy atom. The Balaban J connectivity index is 1.60. The first-order valence-electron chi connectivity index (χ1n) is 8.72. The molecule has 3 nitrogen and oxygen atoms in total. The highest BCUT2D eigenvalue weighted by Crippen LogP contribution is 2.32. The molecular weight excluding hydrogens is 318 g/mol. The molecule has 0 aromatic carbocycles. The van der Waals surface area contributed by atoms with Gasteiger partial charge in [0.05, 0.1) is 16.8 Å². The Morgan fingerprint density at radius 3 is 2.92 bits per heavy atom. The van der Waals surface area contributed by atoms with Crippen LogP contribution in [0.15, 0.2) is 23.7 Å². The van der Waals surface area contributed by atoms with Gasteiger partial charge in [0.2, 0.25) is 0 Å². The average molecular weight is 343 g/mol. The number of ketones is 1. The minimum Gasteiger partial charge on any atom is -0.381 e. The number of pyridine rings is 1. The standard InChI is InChI=1S/C20H25NO2S/c1-3-14-13-16-11-12-24-20(16)21-18(14)5-4-6-19(22)15-7-9-17(23-2)10-8-15/h3-5,13,15,17H,1,6-12H2,2H3/b5-4-. The molecular formula is C20H25NO2S. The molecule has 0 atom stereocenters. The van der Waals surface area contributed by atoms with Gasteiger partial charge in [0.25, 0.3) is 0 Å². The van der Waals surface area contributed by atoms with Crippen LogP contribution in [-0.4, -0.2) is 29.7 Å². The van der Waals surface area contributed by atoms with Crippen molar-refractivity contribution in [3.63, 3.8) is 0 Å². The van der Waals surface area contributed by atoms with E-state index in [2.05, 4.69) is 12.6 Å². The van der Waals surface area contributed by atoms with Crippen molar-refractivity contribution < 1.29 is 9.53 Å². The van der Waals surface area contributed by atoms with Gasteiger partial charge < -0.3 is 4.74 Å². The Morgan fingerprint density at radius 2 is 2.21 bits per heavy atom. The van der Waals surface area contributed by atoms with Crippen LogP contribution >= 0.6 is 11.8 Å². The summed E-state index contributed by atoms with van der Waals surface area (Å²) in [5.41, 5.74) is 3.30. The van der Waals surface area contributed by atoms with Crippen LogP contribution in [0.5, 0.6) is 0 Å². The Bertz CT molecular complexity index is 645. The lowest BCUT2D eigenvalue weighted by molar-refractivity contribution is -0.123. The third kappa shape index (κ3) is 3.98. The van der Waals surface area contributed by atoms with Gasteiger partial charge in [0.15, 0.2) is 0 Å². The van der Waals surface area contributed by atoms with Crippen LogP contribution in [0.3, 0.4) is 0 Å². The van der Waals surface area contributed by atoms with Crippen molar-refractivity contribution >= 4 is 29.7 Å². The number of allylic oxidation sites excluding steroid dienone is 1. The highest BCUT2D eigenvalue weighted by Gasteiger charge is 2.25. The zero-order valence-electron chi connectivity index (χ0n) is 14.3. The molecule has 0 spiro atoms. The number of ether oxygens (including phenoxy) is 1. The molecule has 24 heavy (non-hydrogen) atoms. The Labute approximate surface area is 148 Å². The third-order valence-electron chi connectivity index (χ3n) is 5.01. The zero-order chi connectivity index (χ0) is 16.9. The molecule has 0 saturated heterocycles. The van der Waals surface area contributed by atoms with Crippen LogP contribution in [0.4, 0.5) is 0 Å². The lowest BCUT2D eigenvalue weighted by atomic mass is 9.83. The summed E-state index contributed by atoms with van der Waals surface area (Å²) in [7, 11) is 1.76. The lowest BCUT2D eigenvalue weighted by Gasteiger charge is -2.26. The van der Waals surface area contributed by atoms with E-state index >= 15 is 0 Å². The van der Waals surface area contributed by atoms with Gasteiger partial charge >= 0.3 is 0 Å². The minimum absolute atomic E-state index is 0.198. The molecule has 0 radical (unpaired) electrons. The molecule has 0 N–H and O–H groups in total. The van der Waals surface area contributed by atoms with Crippen LogP contribution < -0.4 is 0 Å². The Kier molecular flexibility index (Phi) is 5.90. The van der Waals surface area contributed by atoms with Gasteiger partial charge in [0.1, 0.15) is 5.78 Å². The number of hydrogen-bond donors (Lipinski definition) is 0. The fourth-order valence-electron chi connectivity index (χ4n) is 3.50. The third-order valence-corrected chi connectivity index (χ3v) is 6.05. The number of nitrogens with zero attached hydrogens (tertiary/aromatic N) is 1. The van der Waals surface area contributed by atoms with Crippen molar-refractivity contribution in [1.82, 2.24) is 4.98 Å². The molecule has 0 amide bonds. The molecule has 1 aromatic heterocycles. The van der Waals surface area contributed by atoms with Crippen molar-refractivity contribution in [2.75, 3.05) is 12.9 Å². The topological polar surface area (TPSA) is 39.2 Å². The number of carbonyl (C=O) groups is 1. The second kappa shape index (κ2) is 8.13. The second-order valence-corrected chi connectivity index (χ2v) is 7.60. The lowest BCUT2D eigenvalue weighted by Crippen LogP contribution is -2.25. The monoisotopic (exact) mass is 343 g/mol. The van der Waals surface area contributed by atoms with E-state index in [0.717, 1.165) is 54.1 Å². The van der Waals surface area contributed by atoms with Gasteiger partial charge in [-0.1, -0.05) is 18.7 Å². The number of carbonyl (C=O) groups excluding carboxylic acids is 1. The molecule has 1 aliphatic heterocycles. The van der Waals surface area contributed by atoms with E-state index in [0.29, 0.717) is 18.3 Å². The predicted molar refractivity (Wildman–Crippen MR) is 100 cm³/mol. The number of rotatable bonds is 6. The largest absolute Gasteiger partial charge is 0.381 e. The SMILES string of the molecule is C=Cc1cc2c(nc1/C=C\CC(=O)C1CCC(OC)CC1)SCC2. The number of aromatic nitrogens is 1. The summed E-state index contributed by atoms with van der Waals surface area (Å²) < 4.78 is 5.38. The maximum Gasteiger partial charge on any atom is 0.139 e. The molecule has 0 bridgehead atoms. The maximum absolute atomic E-state index is 12.4. The first-order chi connectivity index (χ1) is 11.7. The molecule has 1 aliphatic carbocycles. The van der Waals surface area contributed by atoms with Crippen LogP contribution in [0.1, 0.15) is 48.9 Å². The molecule has 1 fully saturated rings. The number of thioether (sulfide) groups is 1. The van der Waals surface area contributed by atoms with E-state index in [-0.39, 0.29) is 5.92 Å². The van der Waals surface area contributed by atoms with Gasteiger partial charge in [-0.15, -0.1) is 11.8 Å². The van der Waals surface area contributed by atoms with E-state index in [1.54, 1.807) is 7.11 Å². The zero-order valence-corrected chi connectivity index (χ0v) is 15.1. The van der Waals surface area contributed by atoms with Crippen molar-refractivity contribution in [3.05, 3.63) is 35.5 Å². The summed E-state index contributed by atoms with van der Waals surface area (Å²) in [6.45, 7) is 3.89. The molecule has 1 saturated carbocycles. The van der Waals surface area contributed by atoms with E-state index in [1.807, 2.05) is 30.0 Å². The molecule has 1 aromatic rings. The average Bonchev–Trinajstić information content (AvgIpc) is 3.08. The molecule has 3 rings (SSSR count). The predicted octanol–water partition coefficient (Wildman–Crippen LogP) is 4.55. The number of methoxy groups -OCH3 is 1. The minimum atomic E-state index is 0.198. The van der Waals surface area contributed by atoms with E-state index < -0.39 is 0 Å². The van der Waals surface area contributed by atoms with Crippen molar-refractivity contribution in [1.29, 1.82) is 0 Å². The fourth-order valence-corrected chi connectivity index (χ4v) is 4.53. The first kappa shape index (κ1) is 17.4. The Hall–Kier alpha value is -1.39. The van der Waals surface area contributed by atoms with Crippen LogP contribution in [0.25, 0.3) is 12.2 Å². The number of aryl methyl sites for hydroxylation is 1. The summed E-state index contributed by atoms with van der Waals surface area (Å²) >= 11 is 1.81. The van der Waals surface area contributed by atoms with Gasteiger partial charge in [-0.3, -0.25) is 4.79 Å². The van der Waals surface area contributed by atoms with Crippen LogP contribution in [-0.2, 0) is 16.0 Å². The molecule has 2 heterocycles. The van der Waals surface area contributed by atoms with E-state index in [4.69, 9.17) is 9.72 Å². The summed E-state index contributed by atoms with van der Waals surface area (Å²) in [4.78, 5) is 17.1. The number of hydrogen-bond acceptors (Lipinski definition) is 4. The van der Waals surface area contributed by atoms with Crippen molar-refractivity contribution in [2.24, 2.45) is 5.92 Å². The summed E-state index contributed by atoms with van der Waals surface area (Å²) in [6.07, 6.45) is 11.6. The quantitative estimate of drug-likeness (QED) is 0.759. The van der Waals surface area contributed by atoms with Gasteiger partial charge in [-0.2, -0.15) is 0 Å². The molecule has 128 valence electrons. The highest BCUT2D eigenvalue weighted by atomic mass is 32.2. The molecule has 0 unspecified atom stereocenters. The van der Waals surface area contributed by atoms with Crippen LogP contribution in [0, 0.1) is 5.92 Å². The van der Waals surface area contributed by atoms with Crippen LogP contribution in [0.2, 0.25) is 0 Å². The maximum atomic E-state index is 12.4. The summed E-state index contributed by atoms with van der Waals surface area (Å²) in [6, 6.07) is 2.18. The van der Waals surface area contributed by atoms with E-state index in [1.165, 1.54) is 5.56 Å². The molecule has 2 aliphatic rings. The highest BCUT2D eigenvalue weighted by molar-refractivity contribution is 7.99. The second-order valence-electron chi connectivity index (χ2n) is 6.51. The smallest absolute Gasteiger partial charge is 0.139 e. The number of Topliss-reactive ketones (excluding diaryl/α,β-unsaturated/α-hetero) is 1. The number of fused-ring (bicyclic) bond motifs is 1. The van der Waals surface area contributed by atoms with Crippen molar-refractivity contribution in [2.45, 2.75) is 49.7 Å². The van der Waals surface area contributed by atoms with Gasteiger partial charge in [-0.25, -0.2) is 4.98 Å². The van der Waals surface area contributed by atoms with Gasteiger partial charge in [0, 0.05) is 25.2 Å². The summed E-state index contributed by atoms with van der Waals surface area (Å²) in [5, 5.41) is 1.13. The fraction of sp³-hybridized carbons (Fsp3) is 0.500. The van der Waals surface area contributed by atoms with Crippen molar-refractivity contribution in [3.8, 4) is 0 Å². The first-order valence-corrected chi connectivity index (χ1v) is 9.71. The van der Waals surface area contributed by atoms with E-state index in [9.17, 15) is 4.79 Å². The summed E-state index contributed by atoms with van der Waals surface area (Å²) in [5.74, 6) is 1.65. The molecule has 4 heteroatoms.